The summed E-state index contributed by atoms with van der Waals surface area (Å²) in [7, 11) is 0. The number of nitrogens with one attached hydrogen (secondary N) is 2. The van der Waals surface area contributed by atoms with E-state index in [-0.39, 0.29) is 12.1 Å². The van der Waals surface area contributed by atoms with Crippen LogP contribution in [-0.4, -0.2) is 12.1 Å². The lowest BCUT2D eigenvalue weighted by Gasteiger charge is -2.16. The largest absolute Gasteiger partial charge is 0.334 e. The van der Waals surface area contributed by atoms with Crippen LogP contribution in [0.2, 0.25) is 0 Å². The normalized spacial score (nSPS) is 12.2. The number of carbonyl (C=O) groups is 1. The summed E-state index contributed by atoms with van der Waals surface area (Å²) in [5.41, 5.74) is 2.08. The Morgan fingerprint density at radius 1 is 1.31 bits per heavy atom. The second-order valence-electron chi connectivity index (χ2n) is 3.25. The average Bonchev–Trinajstić information content (AvgIpc) is 2.14. The van der Waals surface area contributed by atoms with E-state index in [0.29, 0.717) is 0 Å². The summed E-state index contributed by atoms with van der Waals surface area (Å²) in [5, 5.41) is 2.83. The first-order valence-electron chi connectivity index (χ1n) is 5.01. The van der Waals surface area contributed by atoms with Crippen LogP contribution >= 0.6 is 0 Å². The molecule has 2 amide bonds. The number of nitrogens with two attached hydrogens (primary N) is 1. The number of rotatable bonds is 6. The van der Waals surface area contributed by atoms with Crippen LogP contribution in [0.15, 0.2) is 0 Å². The van der Waals surface area contributed by atoms with Gasteiger partial charge in [-0.25, -0.2) is 10.6 Å². The van der Waals surface area contributed by atoms with E-state index >= 15 is 0 Å². The van der Waals surface area contributed by atoms with Crippen molar-refractivity contribution in [1.82, 2.24) is 10.7 Å². The van der Waals surface area contributed by atoms with Crippen LogP contribution in [0.1, 0.15) is 46.0 Å². The number of hydrogen-bond donors (Lipinski definition) is 3. The van der Waals surface area contributed by atoms with Gasteiger partial charge in [0.2, 0.25) is 0 Å². The van der Waals surface area contributed by atoms with Crippen LogP contribution < -0.4 is 16.6 Å². The first-order chi connectivity index (χ1) is 6.24. The lowest BCUT2D eigenvalue weighted by Crippen LogP contribution is -2.45. The Balaban J connectivity index is 3.71. The van der Waals surface area contributed by atoms with Gasteiger partial charge in [0, 0.05) is 6.04 Å². The van der Waals surface area contributed by atoms with Gasteiger partial charge >= 0.3 is 6.03 Å². The summed E-state index contributed by atoms with van der Waals surface area (Å²) < 4.78 is 0. The Morgan fingerprint density at radius 3 is 2.46 bits per heavy atom. The van der Waals surface area contributed by atoms with Gasteiger partial charge in [0.1, 0.15) is 0 Å². The molecule has 4 nitrogen and oxygen atoms in total. The van der Waals surface area contributed by atoms with Crippen molar-refractivity contribution in [3.63, 3.8) is 0 Å². The molecule has 0 rings (SSSR count). The van der Waals surface area contributed by atoms with Gasteiger partial charge in [-0.05, 0) is 12.8 Å². The molecule has 0 aliphatic heterocycles. The van der Waals surface area contributed by atoms with E-state index in [9.17, 15) is 4.79 Å². The maximum Gasteiger partial charge on any atom is 0.329 e. The summed E-state index contributed by atoms with van der Waals surface area (Å²) in [6, 6.07) is -0.0111. The van der Waals surface area contributed by atoms with Crippen molar-refractivity contribution in [2.45, 2.75) is 52.0 Å². The molecule has 1 unspecified atom stereocenters. The summed E-state index contributed by atoms with van der Waals surface area (Å²) in [6.45, 7) is 4.26. The number of hydrogen-bond acceptors (Lipinski definition) is 2. The predicted octanol–water partition coefficient (Wildman–Crippen LogP) is 1.52. The lowest BCUT2D eigenvalue weighted by molar-refractivity contribution is 0.235. The van der Waals surface area contributed by atoms with Gasteiger partial charge in [-0.1, -0.05) is 33.1 Å². The molecule has 0 bridgehead atoms. The van der Waals surface area contributed by atoms with Crippen molar-refractivity contribution in [3.8, 4) is 0 Å². The van der Waals surface area contributed by atoms with Crippen molar-refractivity contribution in [1.29, 1.82) is 0 Å². The minimum Gasteiger partial charge on any atom is -0.334 e. The van der Waals surface area contributed by atoms with Crippen LogP contribution in [0.4, 0.5) is 4.79 Å². The van der Waals surface area contributed by atoms with E-state index in [1.165, 1.54) is 0 Å². The fourth-order valence-electron chi connectivity index (χ4n) is 1.31. The second kappa shape index (κ2) is 7.86. The quantitative estimate of drug-likeness (QED) is 0.335. The average molecular weight is 187 g/mol. The number of unbranched alkanes of at least 4 members (excludes halogenated alkanes) is 1. The predicted molar refractivity (Wildman–Crippen MR) is 54.1 cm³/mol. The molecule has 0 aromatic rings. The zero-order valence-corrected chi connectivity index (χ0v) is 8.60. The van der Waals surface area contributed by atoms with Gasteiger partial charge in [-0.15, -0.1) is 0 Å². The molecule has 1 atom stereocenters. The van der Waals surface area contributed by atoms with Crippen molar-refractivity contribution in [2.24, 2.45) is 5.84 Å². The van der Waals surface area contributed by atoms with Gasteiger partial charge in [-0.2, -0.15) is 0 Å². The first kappa shape index (κ1) is 12.2. The Hall–Kier alpha value is -0.770. The highest BCUT2D eigenvalue weighted by molar-refractivity contribution is 5.73. The Morgan fingerprint density at radius 2 is 2.00 bits per heavy atom. The molecule has 0 aromatic heterocycles. The monoisotopic (exact) mass is 187 g/mol. The van der Waals surface area contributed by atoms with Crippen molar-refractivity contribution >= 4 is 6.03 Å². The van der Waals surface area contributed by atoms with Gasteiger partial charge in [0.25, 0.3) is 0 Å². The Bertz CT molecular complexity index is 139. The van der Waals surface area contributed by atoms with Gasteiger partial charge in [0.15, 0.2) is 0 Å². The smallest absolute Gasteiger partial charge is 0.329 e. The molecule has 0 spiro atoms. The molecule has 0 saturated heterocycles. The second-order valence-corrected chi connectivity index (χ2v) is 3.25. The standard InChI is InChI=1S/C9H21N3O/c1-3-5-7-8(6-4-2)11-9(13)12-10/h8H,3-7,10H2,1-2H3,(H2,11,12,13). The third-order valence-corrected chi connectivity index (χ3v) is 2.01. The minimum absolute atomic E-state index is 0.272. The van der Waals surface area contributed by atoms with Crippen LogP contribution in [0.3, 0.4) is 0 Å². The minimum atomic E-state index is -0.283. The van der Waals surface area contributed by atoms with Gasteiger partial charge < -0.3 is 5.32 Å². The molecule has 13 heavy (non-hydrogen) atoms. The fourth-order valence-corrected chi connectivity index (χ4v) is 1.31. The first-order valence-corrected chi connectivity index (χ1v) is 5.01. The molecule has 0 aromatic carbocycles. The maximum atomic E-state index is 10.9. The molecular formula is C9H21N3O. The van der Waals surface area contributed by atoms with E-state index in [4.69, 9.17) is 5.84 Å². The third kappa shape index (κ3) is 6.40. The fraction of sp³-hybridized carbons (Fsp3) is 0.889. The number of carbonyl (C=O) groups excluding carboxylic acids is 1. The lowest BCUT2D eigenvalue weighted by atomic mass is 10.1. The van der Waals surface area contributed by atoms with Crippen molar-refractivity contribution < 1.29 is 4.79 Å². The third-order valence-electron chi connectivity index (χ3n) is 2.01. The van der Waals surface area contributed by atoms with E-state index in [1.807, 2.05) is 0 Å². The van der Waals surface area contributed by atoms with E-state index in [2.05, 4.69) is 24.6 Å². The highest BCUT2D eigenvalue weighted by atomic mass is 16.2. The van der Waals surface area contributed by atoms with Crippen LogP contribution in [0.5, 0.6) is 0 Å². The summed E-state index contributed by atoms with van der Waals surface area (Å²) in [6.07, 6.45) is 5.45. The number of amides is 2. The Kier molecular flexibility index (Phi) is 7.39. The molecule has 78 valence electrons. The molecule has 0 radical (unpaired) electrons. The summed E-state index contributed by atoms with van der Waals surface area (Å²) in [5.74, 6) is 4.98. The van der Waals surface area contributed by atoms with E-state index in [1.54, 1.807) is 0 Å². The summed E-state index contributed by atoms with van der Waals surface area (Å²) >= 11 is 0. The zero-order chi connectivity index (χ0) is 10.1. The van der Waals surface area contributed by atoms with Gasteiger partial charge in [-0.3, -0.25) is 5.43 Å². The van der Waals surface area contributed by atoms with Crippen molar-refractivity contribution in [2.75, 3.05) is 0 Å². The molecule has 0 saturated carbocycles. The molecule has 0 aliphatic carbocycles. The highest BCUT2D eigenvalue weighted by Crippen LogP contribution is 2.06. The van der Waals surface area contributed by atoms with Crippen LogP contribution in [-0.2, 0) is 0 Å². The number of hydrazine groups is 1. The maximum absolute atomic E-state index is 10.9. The highest BCUT2D eigenvalue weighted by Gasteiger charge is 2.09. The molecular weight excluding hydrogens is 166 g/mol. The molecule has 0 aliphatic rings. The molecule has 4 heteroatoms. The van der Waals surface area contributed by atoms with Gasteiger partial charge in [0.05, 0.1) is 0 Å². The number of urea groups is 1. The topological polar surface area (TPSA) is 67.2 Å². The van der Waals surface area contributed by atoms with Crippen molar-refractivity contribution in [3.05, 3.63) is 0 Å². The molecule has 0 fully saturated rings. The summed E-state index contributed by atoms with van der Waals surface area (Å²) in [4.78, 5) is 10.9. The SMILES string of the molecule is CCCCC(CCC)NC(=O)NN. The molecule has 4 N–H and O–H groups in total. The van der Waals surface area contributed by atoms with Crippen LogP contribution in [0, 0.1) is 0 Å². The van der Waals surface area contributed by atoms with Crippen LogP contribution in [0.25, 0.3) is 0 Å². The Labute approximate surface area is 80.2 Å². The van der Waals surface area contributed by atoms with E-state index < -0.39 is 0 Å². The zero-order valence-electron chi connectivity index (χ0n) is 8.60. The van der Waals surface area contributed by atoms with E-state index in [0.717, 1.165) is 32.1 Å². The molecule has 0 heterocycles.